The Bertz CT molecular complexity index is 767. The van der Waals surface area contributed by atoms with E-state index in [1.54, 1.807) is 0 Å². The largest absolute Gasteiger partial charge is 0.292 e. The van der Waals surface area contributed by atoms with Gasteiger partial charge in [-0.1, -0.05) is 60.1 Å². The van der Waals surface area contributed by atoms with Crippen LogP contribution in [0.15, 0.2) is 65.7 Å². The van der Waals surface area contributed by atoms with Crippen molar-refractivity contribution in [3.63, 3.8) is 0 Å². The lowest BCUT2D eigenvalue weighted by molar-refractivity contribution is 0.973. The minimum atomic E-state index is 0.497. The van der Waals surface area contributed by atoms with Crippen LogP contribution in [0.5, 0.6) is 0 Å². The first-order valence-corrected chi connectivity index (χ1v) is 7.30. The molecule has 1 heterocycles. The number of fused-ring (bicyclic) bond motifs is 1. The first-order valence-electron chi connectivity index (χ1n) is 6.92. The van der Waals surface area contributed by atoms with Gasteiger partial charge in [0.05, 0.1) is 5.52 Å². The van der Waals surface area contributed by atoms with Crippen LogP contribution in [0.4, 0.5) is 0 Å². The van der Waals surface area contributed by atoms with Gasteiger partial charge in [-0.25, -0.2) is 4.98 Å². The third-order valence-electron chi connectivity index (χ3n) is 3.31. The maximum Gasteiger partial charge on any atom is 0.138 e. The molecule has 0 aliphatic rings. The molecule has 2 nitrogen and oxygen atoms in total. The van der Waals surface area contributed by atoms with Crippen LogP contribution in [-0.4, -0.2) is 17.7 Å². The van der Waals surface area contributed by atoms with Crippen molar-refractivity contribution in [3.05, 3.63) is 76.9 Å². The zero-order valence-corrected chi connectivity index (χ0v) is 12.3. The summed E-state index contributed by atoms with van der Waals surface area (Å²) in [4.78, 5) is 8.84. The molecule has 0 N–H and O–H groups in total. The third-order valence-corrected chi connectivity index (χ3v) is 3.61. The molecule has 3 heteroatoms. The number of halogens is 1. The molecule has 2 aromatic carbocycles. The summed E-state index contributed by atoms with van der Waals surface area (Å²) in [5.74, 6) is 0. The van der Waals surface area contributed by atoms with Crippen molar-refractivity contribution in [2.45, 2.75) is 6.42 Å². The molecule has 0 saturated heterocycles. The lowest BCUT2D eigenvalue weighted by atomic mass is 10.1. The van der Waals surface area contributed by atoms with Crippen molar-refractivity contribution in [2.75, 3.05) is 6.54 Å². The van der Waals surface area contributed by atoms with Gasteiger partial charge in [-0.2, -0.15) is 0 Å². The van der Waals surface area contributed by atoms with E-state index in [1.165, 1.54) is 5.56 Å². The molecule has 0 unspecified atom stereocenters. The van der Waals surface area contributed by atoms with Gasteiger partial charge < -0.3 is 0 Å². The molecule has 0 saturated carbocycles. The fourth-order valence-electron chi connectivity index (χ4n) is 2.20. The highest BCUT2D eigenvalue weighted by atomic mass is 35.5. The molecule has 0 fully saturated rings. The van der Waals surface area contributed by atoms with E-state index >= 15 is 0 Å². The smallest absolute Gasteiger partial charge is 0.138 e. The number of hydrogen-bond acceptors (Lipinski definition) is 2. The first-order chi connectivity index (χ1) is 10.3. The second kappa shape index (κ2) is 6.51. The molecule has 0 amide bonds. The number of pyridine rings is 1. The lowest BCUT2D eigenvalue weighted by Gasteiger charge is -2.01. The van der Waals surface area contributed by atoms with Crippen LogP contribution in [0, 0.1) is 0 Å². The molecule has 0 bridgehead atoms. The van der Waals surface area contributed by atoms with E-state index < -0.39 is 0 Å². The van der Waals surface area contributed by atoms with E-state index in [0.29, 0.717) is 5.15 Å². The van der Waals surface area contributed by atoms with Crippen LogP contribution in [0.1, 0.15) is 11.1 Å². The molecule has 0 aliphatic heterocycles. The summed E-state index contributed by atoms with van der Waals surface area (Å²) in [5.41, 5.74) is 3.06. The van der Waals surface area contributed by atoms with Gasteiger partial charge in [0.2, 0.25) is 0 Å². The quantitative estimate of drug-likeness (QED) is 0.512. The molecule has 0 atom stereocenters. The highest BCUT2D eigenvalue weighted by Crippen LogP contribution is 2.18. The topological polar surface area (TPSA) is 25.2 Å². The summed E-state index contributed by atoms with van der Waals surface area (Å²) >= 11 is 6.20. The van der Waals surface area contributed by atoms with Crippen LogP contribution >= 0.6 is 11.6 Å². The molecular formula is C18H15ClN2. The Morgan fingerprint density at radius 3 is 2.62 bits per heavy atom. The van der Waals surface area contributed by atoms with E-state index in [4.69, 9.17) is 11.6 Å². The average molecular weight is 295 g/mol. The second-order valence-corrected chi connectivity index (χ2v) is 5.19. The minimum Gasteiger partial charge on any atom is -0.292 e. The van der Waals surface area contributed by atoms with Gasteiger partial charge in [0.15, 0.2) is 0 Å². The van der Waals surface area contributed by atoms with Crippen molar-refractivity contribution < 1.29 is 0 Å². The molecule has 104 valence electrons. The molecule has 21 heavy (non-hydrogen) atoms. The number of para-hydroxylation sites is 1. The van der Waals surface area contributed by atoms with Crippen molar-refractivity contribution in [1.29, 1.82) is 0 Å². The summed E-state index contributed by atoms with van der Waals surface area (Å²) in [7, 11) is 0. The van der Waals surface area contributed by atoms with Crippen LogP contribution in [0.3, 0.4) is 0 Å². The summed E-state index contributed by atoms with van der Waals surface area (Å²) < 4.78 is 0. The van der Waals surface area contributed by atoms with Gasteiger partial charge >= 0.3 is 0 Å². The second-order valence-electron chi connectivity index (χ2n) is 4.83. The summed E-state index contributed by atoms with van der Waals surface area (Å²) in [5, 5.41) is 1.57. The van der Waals surface area contributed by atoms with Crippen LogP contribution in [0.25, 0.3) is 10.9 Å². The summed E-state index contributed by atoms with van der Waals surface area (Å²) in [6, 6.07) is 20.3. The number of aromatic nitrogens is 1. The van der Waals surface area contributed by atoms with Gasteiger partial charge in [-0.15, -0.1) is 0 Å². The van der Waals surface area contributed by atoms with Crippen LogP contribution in [-0.2, 0) is 6.42 Å². The van der Waals surface area contributed by atoms with Gasteiger partial charge in [-0.3, -0.25) is 4.99 Å². The molecule has 1 aromatic heterocycles. The molecule has 0 aliphatic carbocycles. The van der Waals surface area contributed by atoms with E-state index in [2.05, 4.69) is 22.1 Å². The van der Waals surface area contributed by atoms with E-state index in [1.807, 2.05) is 54.7 Å². The van der Waals surface area contributed by atoms with Crippen LogP contribution < -0.4 is 0 Å². The normalized spacial score (nSPS) is 11.3. The number of rotatable bonds is 4. The molecule has 0 radical (unpaired) electrons. The maximum atomic E-state index is 6.20. The maximum absolute atomic E-state index is 6.20. The Kier molecular flexibility index (Phi) is 4.27. The highest BCUT2D eigenvalue weighted by Gasteiger charge is 2.02. The zero-order valence-electron chi connectivity index (χ0n) is 11.5. The van der Waals surface area contributed by atoms with Crippen molar-refractivity contribution in [3.8, 4) is 0 Å². The predicted molar refractivity (Wildman–Crippen MR) is 89.4 cm³/mol. The Morgan fingerprint density at radius 1 is 1.00 bits per heavy atom. The fraction of sp³-hybridized carbons (Fsp3) is 0.111. The number of benzene rings is 2. The molecule has 3 rings (SSSR count). The summed E-state index contributed by atoms with van der Waals surface area (Å²) in [6.45, 7) is 0.743. The predicted octanol–water partition coefficient (Wildman–Crippen LogP) is 4.55. The Hall–Kier alpha value is -2.19. The molecular weight excluding hydrogens is 280 g/mol. The monoisotopic (exact) mass is 294 g/mol. The van der Waals surface area contributed by atoms with Gasteiger partial charge in [0.25, 0.3) is 0 Å². The fourth-order valence-corrected chi connectivity index (χ4v) is 2.39. The van der Waals surface area contributed by atoms with E-state index in [0.717, 1.165) is 29.4 Å². The van der Waals surface area contributed by atoms with Crippen molar-refractivity contribution in [2.24, 2.45) is 4.99 Å². The Balaban J connectivity index is 1.72. The summed E-state index contributed by atoms with van der Waals surface area (Å²) in [6.07, 6.45) is 2.74. The Morgan fingerprint density at radius 2 is 1.76 bits per heavy atom. The Labute approximate surface area is 129 Å². The van der Waals surface area contributed by atoms with E-state index in [9.17, 15) is 0 Å². The minimum absolute atomic E-state index is 0.497. The number of nitrogens with zero attached hydrogens (tertiary/aromatic N) is 2. The lowest BCUT2D eigenvalue weighted by Crippen LogP contribution is -1.92. The molecule has 0 spiro atoms. The third kappa shape index (κ3) is 3.47. The molecule has 3 aromatic rings. The van der Waals surface area contributed by atoms with Gasteiger partial charge in [-0.05, 0) is 24.1 Å². The first kappa shape index (κ1) is 13.8. The van der Waals surface area contributed by atoms with Crippen molar-refractivity contribution in [1.82, 2.24) is 4.98 Å². The van der Waals surface area contributed by atoms with Crippen molar-refractivity contribution >= 4 is 28.7 Å². The number of hydrogen-bond donors (Lipinski definition) is 0. The van der Waals surface area contributed by atoms with Gasteiger partial charge in [0.1, 0.15) is 5.15 Å². The SMILES string of the molecule is Clc1nc2ccccc2cc1C=NCCc1ccccc1. The number of aliphatic imine (C=N–C) groups is 1. The highest BCUT2D eigenvalue weighted by molar-refractivity contribution is 6.32. The van der Waals surface area contributed by atoms with E-state index in [-0.39, 0.29) is 0 Å². The standard InChI is InChI=1S/C18H15ClN2/c19-18-16(12-15-8-4-5-9-17(15)21-18)13-20-11-10-14-6-2-1-3-7-14/h1-9,12-13H,10-11H2. The zero-order chi connectivity index (χ0) is 14.5. The average Bonchev–Trinajstić information content (AvgIpc) is 2.53. The van der Waals surface area contributed by atoms with Gasteiger partial charge in [0, 0.05) is 23.7 Å². The van der Waals surface area contributed by atoms with Crippen LogP contribution in [0.2, 0.25) is 5.15 Å².